The number of hydrogen-bond acceptors (Lipinski definition) is 3. The van der Waals surface area contributed by atoms with Gasteiger partial charge in [-0.05, 0) is 49.1 Å². The molecule has 0 spiro atoms. The number of hydrogen-bond donors (Lipinski definition) is 1. The van der Waals surface area contributed by atoms with E-state index in [0.717, 1.165) is 48.5 Å². The molecule has 0 amide bonds. The van der Waals surface area contributed by atoms with Crippen molar-refractivity contribution in [2.75, 3.05) is 0 Å². The maximum absolute atomic E-state index is 14.2. The molecule has 2 aromatic carbocycles. The minimum absolute atomic E-state index is 0.447. The molecule has 0 aromatic heterocycles. The Morgan fingerprint density at radius 2 is 1.44 bits per heavy atom. The van der Waals surface area contributed by atoms with Gasteiger partial charge in [-0.3, -0.25) is 4.79 Å². The number of benzene rings is 2. The summed E-state index contributed by atoms with van der Waals surface area (Å²) in [4.78, 5) is 11.0. The van der Waals surface area contributed by atoms with Crippen molar-refractivity contribution in [2.45, 2.75) is 47.2 Å². The van der Waals surface area contributed by atoms with Crippen LogP contribution in [0.15, 0.2) is 59.5 Å². The van der Waals surface area contributed by atoms with Crippen molar-refractivity contribution in [1.29, 1.82) is 0 Å². The predicted molar refractivity (Wildman–Crippen MR) is 106 cm³/mol. The molecular weight excluding hydrogens is 493 g/mol. The second-order valence-electron chi connectivity index (χ2n) is 8.23. The lowest BCUT2D eigenvalue weighted by atomic mass is 9.58. The maximum atomic E-state index is 14.2. The van der Waals surface area contributed by atoms with E-state index in [9.17, 15) is 49.1 Å². The van der Waals surface area contributed by atoms with E-state index in [1.807, 2.05) is 0 Å². The molecule has 1 fully saturated rings. The van der Waals surface area contributed by atoms with Gasteiger partial charge in [0.2, 0.25) is 0 Å². The summed E-state index contributed by atoms with van der Waals surface area (Å²) in [5, 5.41) is 7.21. The zero-order valence-electron chi connectivity index (χ0n) is 17.3. The highest BCUT2D eigenvalue weighted by atomic mass is 32.2. The van der Waals surface area contributed by atoms with Crippen LogP contribution < -0.4 is 0 Å². The Morgan fingerprint density at radius 1 is 0.912 bits per heavy atom. The molecule has 1 aliphatic carbocycles. The maximum Gasteiger partial charge on any atom is 0.401 e. The zero-order chi connectivity index (χ0) is 25.5. The summed E-state index contributed by atoms with van der Waals surface area (Å²) in [7, 11) is -4.91. The van der Waals surface area contributed by atoms with Gasteiger partial charge in [0.15, 0.2) is 15.8 Å². The summed E-state index contributed by atoms with van der Waals surface area (Å²) in [6.45, 7) is 0. The second-order valence-corrected chi connectivity index (χ2v) is 10.4. The smallest absolute Gasteiger partial charge is 0.401 e. The molecule has 3 unspecified atom stereocenters. The Kier molecular flexibility index (Phi) is 6.77. The van der Waals surface area contributed by atoms with Crippen LogP contribution in [0.4, 0.5) is 30.7 Å². The molecule has 0 aliphatic heterocycles. The molecule has 0 saturated heterocycles. The zero-order valence-corrected chi connectivity index (χ0v) is 18.1. The first-order valence-corrected chi connectivity index (χ1v) is 11.6. The third kappa shape index (κ3) is 4.64. The fourth-order valence-corrected chi connectivity index (χ4v) is 7.19. The monoisotopic (exact) mass is 512 g/mol. The van der Waals surface area contributed by atoms with Gasteiger partial charge in [0.25, 0.3) is 0 Å². The molecule has 3 atom stereocenters. The number of halogens is 7. The third-order valence-corrected chi connectivity index (χ3v) is 8.62. The van der Waals surface area contributed by atoms with Crippen LogP contribution in [0.25, 0.3) is 0 Å². The van der Waals surface area contributed by atoms with Crippen molar-refractivity contribution in [3.8, 4) is 0 Å². The lowest BCUT2D eigenvalue weighted by Crippen LogP contribution is -2.62. The van der Waals surface area contributed by atoms with E-state index in [0.29, 0.717) is 0 Å². The van der Waals surface area contributed by atoms with Crippen LogP contribution in [-0.2, 0) is 20.0 Å². The summed E-state index contributed by atoms with van der Waals surface area (Å²) in [6.07, 6.45) is -14.3. The normalized spacial score (nSPS) is 24.2. The molecule has 12 heteroatoms. The average Bonchev–Trinajstić information content (AvgIpc) is 2.72. The number of carbonyl (C=O) groups is 1. The van der Waals surface area contributed by atoms with Crippen molar-refractivity contribution in [2.24, 2.45) is 11.8 Å². The fraction of sp³-hybridized carbons (Fsp3) is 0.409. The van der Waals surface area contributed by atoms with Crippen LogP contribution >= 0.6 is 0 Å². The minimum Gasteiger partial charge on any atom is -0.481 e. The Bertz CT molecular complexity index is 1110. The summed E-state index contributed by atoms with van der Waals surface area (Å²) < 4.78 is 125. The van der Waals surface area contributed by atoms with Gasteiger partial charge in [-0.15, -0.1) is 0 Å². The molecule has 0 radical (unpaired) electrons. The molecule has 1 saturated carbocycles. The van der Waals surface area contributed by atoms with E-state index in [-0.39, 0.29) is 0 Å². The molecule has 3 rings (SSSR count). The Hall–Kier alpha value is -2.63. The molecule has 2 aromatic rings. The van der Waals surface area contributed by atoms with E-state index < -0.39 is 86.2 Å². The summed E-state index contributed by atoms with van der Waals surface area (Å²) in [6, 6.07) is 8.52. The first-order valence-electron chi connectivity index (χ1n) is 10.0. The molecule has 34 heavy (non-hydrogen) atoms. The molecule has 0 heterocycles. The molecule has 0 bridgehead atoms. The molecule has 4 nitrogen and oxygen atoms in total. The highest BCUT2D eigenvalue weighted by Gasteiger charge is 2.71. The van der Waals surface area contributed by atoms with Crippen LogP contribution in [0.1, 0.15) is 24.8 Å². The van der Waals surface area contributed by atoms with Crippen LogP contribution in [0.5, 0.6) is 0 Å². The summed E-state index contributed by atoms with van der Waals surface area (Å²) in [5.41, 5.74) is -3.79. The van der Waals surface area contributed by atoms with E-state index in [4.69, 9.17) is 0 Å². The lowest BCUT2D eigenvalue weighted by molar-refractivity contribution is -0.307. The molecule has 1 aliphatic rings. The van der Waals surface area contributed by atoms with E-state index >= 15 is 0 Å². The third-order valence-electron chi connectivity index (χ3n) is 6.28. The van der Waals surface area contributed by atoms with E-state index in [1.54, 1.807) is 0 Å². The van der Waals surface area contributed by atoms with Gasteiger partial charge >= 0.3 is 18.3 Å². The van der Waals surface area contributed by atoms with Gasteiger partial charge < -0.3 is 5.11 Å². The van der Waals surface area contributed by atoms with Gasteiger partial charge in [-0.25, -0.2) is 12.8 Å². The molecule has 186 valence electrons. The van der Waals surface area contributed by atoms with Crippen LogP contribution in [0, 0.1) is 17.7 Å². The average molecular weight is 512 g/mol. The Morgan fingerprint density at radius 3 is 1.91 bits per heavy atom. The van der Waals surface area contributed by atoms with E-state index in [2.05, 4.69) is 0 Å². The first-order chi connectivity index (χ1) is 15.6. The SMILES string of the molecule is O=C(O)C1CCC(S(=O)(=O)c2ccc(F)cc2)C(c2ccccc2)(C(C(F)(F)F)C(F)(F)F)C1. The van der Waals surface area contributed by atoms with Crippen LogP contribution in [0.3, 0.4) is 0 Å². The van der Waals surface area contributed by atoms with Gasteiger partial charge in [0.1, 0.15) is 5.82 Å². The van der Waals surface area contributed by atoms with Crippen molar-refractivity contribution in [3.05, 3.63) is 66.0 Å². The van der Waals surface area contributed by atoms with Crippen LogP contribution in [-0.4, -0.2) is 37.1 Å². The topological polar surface area (TPSA) is 71.4 Å². The number of alkyl halides is 6. The predicted octanol–water partition coefficient (Wildman–Crippen LogP) is 5.53. The van der Waals surface area contributed by atoms with Gasteiger partial charge in [-0.2, -0.15) is 26.3 Å². The van der Waals surface area contributed by atoms with Crippen LogP contribution in [0.2, 0.25) is 0 Å². The molecule has 1 N–H and O–H groups in total. The minimum atomic E-state index is -5.95. The van der Waals surface area contributed by atoms with Crippen molar-refractivity contribution >= 4 is 15.8 Å². The largest absolute Gasteiger partial charge is 0.481 e. The highest BCUT2D eigenvalue weighted by Crippen LogP contribution is 2.59. The van der Waals surface area contributed by atoms with Crippen molar-refractivity contribution in [1.82, 2.24) is 0 Å². The lowest BCUT2D eigenvalue weighted by Gasteiger charge is -2.51. The number of aliphatic carboxylic acids is 1. The Labute approximate surface area is 190 Å². The van der Waals surface area contributed by atoms with E-state index in [1.165, 1.54) is 6.07 Å². The fourth-order valence-electron chi connectivity index (χ4n) is 4.97. The van der Waals surface area contributed by atoms with Gasteiger partial charge in [0.05, 0.1) is 16.1 Å². The number of carboxylic acids is 1. The number of carboxylic acid groups (broad SMARTS) is 1. The van der Waals surface area contributed by atoms with Crippen molar-refractivity contribution < 1.29 is 49.1 Å². The number of rotatable bonds is 5. The second kappa shape index (κ2) is 8.86. The highest BCUT2D eigenvalue weighted by molar-refractivity contribution is 7.92. The Balaban J connectivity index is 2.41. The quantitative estimate of drug-likeness (QED) is 0.423. The van der Waals surface area contributed by atoms with Gasteiger partial charge in [-0.1, -0.05) is 30.3 Å². The van der Waals surface area contributed by atoms with Gasteiger partial charge in [0, 0.05) is 5.41 Å². The molecular formula is C22H19F7O4S. The summed E-state index contributed by atoms with van der Waals surface area (Å²) in [5.74, 6) is -8.29. The summed E-state index contributed by atoms with van der Waals surface area (Å²) >= 11 is 0. The first kappa shape index (κ1) is 26.0. The standard InChI is InChI=1S/C22H19F7O4S/c23-15-7-9-16(10-8-15)34(32,33)17-11-6-13(18(30)31)12-20(17,14-4-2-1-3-5-14)19(21(24,25)26)22(27,28)29/h1-5,7-10,13,17,19H,6,11-12H2,(H,30,31). The van der Waals surface area contributed by atoms with Crippen molar-refractivity contribution in [3.63, 3.8) is 0 Å². The number of sulfone groups is 1.